The third-order valence-corrected chi connectivity index (χ3v) is 4.40. The van der Waals surface area contributed by atoms with Gasteiger partial charge in [0.25, 0.3) is 0 Å². The molecule has 2 aliphatic rings. The minimum Gasteiger partial charge on any atom is -0.463 e. The Morgan fingerprint density at radius 1 is 0.833 bits per heavy atom. The second-order valence-corrected chi connectivity index (χ2v) is 6.97. The smallest absolute Gasteiger partial charge is 0.304 e. The Hall–Kier alpha value is -2.72. The van der Waals surface area contributed by atoms with Crippen LogP contribution < -0.4 is 5.32 Å². The quantitative estimate of drug-likeness (QED) is 0.431. The molecule has 0 aromatic rings. The first-order chi connectivity index (χ1) is 14.2. The second kappa shape index (κ2) is 10.9. The number of allylic oxidation sites excluding steroid dienone is 2. The zero-order chi connectivity index (χ0) is 22.3. The number of ether oxygens (including phenoxy) is 5. The van der Waals surface area contributed by atoms with E-state index in [1.807, 2.05) is 24.3 Å². The van der Waals surface area contributed by atoms with Gasteiger partial charge in [0.15, 0.2) is 12.2 Å². The van der Waals surface area contributed by atoms with Crippen molar-refractivity contribution in [2.45, 2.75) is 58.3 Å². The molecule has 0 bridgehead atoms. The molecule has 2 rings (SSSR count). The molecular weight excluding hydrogens is 398 g/mol. The van der Waals surface area contributed by atoms with Crippen molar-refractivity contribution in [2.24, 2.45) is 5.92 Å². The molecule has 10 heteroatoms. The van der Waals surface area contributed by atoms with E-state index in [9.17, 15) is 19.2 Å². The summed E-state index contributed by atoms with van der Waals surface area (Å²) in [5.74, 6) is -2.38. The third-order valence-electron chi connectivity index (χ3n) is 4.40. The molecule has 2 unspecified atom stereocenters. The fraction of sp³-hybridized carbons (Fsp3) is 0.600. The van der Waals surface area contributed by atoms with Crippen LogP contribution in [0.4, 0.5) is 0 Å². The van der Waals surface area contributed by atoms with Crippen molar-refractivity contribution >= 4 is 23.9 Å². The Morgan fingerprint density at radius 3 is 1.93 bits per heavy atom. The highest BCUT2D eigenvalue weighted by atomic mass is 16.7. The summed E-state index contributed by atoms with van der Waals surface area (Å²) < 4.78 is 26.9. The van der Waals surface area contributed by atoms with E-state index in [4.69, 9.17) is 23.7 Å². The number of esters is 4. The van der Waals surface area contributed by atoms with Gasteiger partial charge in [-0.05, 0) is 0 Å². The van der Waals surface area contributed by atoms with Gasteiger partial charge in [0.1, 0.15) is 18.8 Å². The molecule has 10 nitrogen and oxygen atoms in total. The molecule has 1 saturated heterocycles. The van der Waals surface area contributed by atoms with Gasteiger partial charge >= 0.3 is 23.9 Å². The molecule has 1 aliphatic carbocycles. The lowest BCUT2D eigenvalue weighted by Gasteiger charge is -2.44. The number of carbonyl (C=O) groups excluding carboxylic acids is 4. The van der Waals surface area contributed by atoms with Crippen LogP contribution in [-0.2, 0) is 42.9 Å². The van der Waals surface area contributed by atoms with Gasteiger partial charge in [0.05, 0.1) is 0 Å². The molecule has 5 atom stereocenters. The van der Waals surface area contributed by atoms with Gasteiger partial charge in [-0.1, -0.05) is 24.3 Å². The first-order valence-corrected chi connectivity index (χ1v) is 9.56. The topological polar surface area (TPSA) is 126 Å². The molecule has 0 spiro atoms. The van der Waals surface area contributed by atoms with Gasteiger partial charge in [-0.3, -0.25) is 19.2 Å². The minimum absolute atomic E-state index is 0.0758. The van der Waals surface area contributed by atoms with Crippen molar-refractivity contribution in [3.8, 4) is 0 Å². The Balaban J connectivity index is 2.32. The first kappa shape index (κ1) is 23.6. The molecule has 0 amide bonds. The van der Waals surface area contributed by atoms with Crippen molar-refractivity contribution in [1.82, 2.24) is 5.32 Å². The van der Waals surface area contributed by atoms with Crippen LogP contribution in [0.5, 0.6) is 0 Å². The molecule has 0 aromatic heterocycles. The van der Waals surface area contributed by atoms with Gasteiger partial charge in [0, 0.05) is 40.2 Å². The summed E-state index contributed by atoms with van der Waals surface area (Å²) in [7, 11) is 0. The molecular formula is C20H27NO9. The molecule has 1 heterocycles. The number of hydrogen-bond donors (Lipinski definition) is 1. The fourth-order valence-corrected chi connectivity index (χ4v) is 3.27. The maximum absolute atomic E-state index is 11.8. The Kier molecular flexibility index (Phi) is 8.55. The van der Waals surface area contributed by atoms with E-state index in [-0.39, 0.29) is 12.5 Å². The van der Waals surface area contributed by atoms with Crippen LogP contribution >= 0.6 is 0 Å². The zero-order valence-corrected chi connectivity index (χ0v) is 17.4. The van der Waals surface area contributed by atoms with Crippen LogP contribution in [0.1, 0.15) is 27.7 Å². The number of nitrogens with one attached hydrogen (secondary N) is 1. The predicted octanol–water partition coefficient (Wildman–Crippen LogP) is 0.401. The van der Waals surface area contributed by atoms with Crippen molar-refractivity contribution in [3.05, 3.63) is 24.3 Å². The average Bonchev–Trinajstić information content (AvgIpc) is 3.14. The summed E-state index contributed by atoms with van der Waals surface area (Å²) in [5.41, 5.74) is 0. The van der Waals surface area contributed by atoms with E-state index < -0.39 is 54.5 Å². The second-order valence-electron chi connectivity index (χ2n) is 6.97. The Labute approximate surface area is 174 Å². The standard InChI is InChI=1S/C20H27NO9/c1-11(22)26-10-16-18(27-12(2)23)19(28-13(3)24)17(20(30-16)29-14(4)25)21-9-15-7-5-6-8-15/h5-8,15-21H,9-10H2,1-4H3/t16?,17?,18-,19-,20-/m0/s1. The average molecular weight is 425 g/mol. The van der Waals surface area contributed by atoms with Gasteiger partial charge in [0.2, 0.25) is 6.29 Å². The van der Waals surface area contributed by atoms with E-state index >= 15 is 0 Å². The van der Waals surface area contributed by atoms with E-state index in [2.05, 4.69) is 5.32 Å². The van der Waals surface area contributed by atoms with Crippen LogP contribution in [0.2, 0.25) is 0 Å². The van der Waals surface area contributed by atoms with Crippen LogP contribution in [0.15, 0.2) is 24.3 Å². The number of carbonyl (C=O) groups is 4. The predicted molar refractivity (Wildman–Crippen MR) is 102 cm³/mol. The van der Waals surface area contributed by atoms with Crippen molar-refractivity contribution in [1.29, 1.82) is 0 Å². The van der Waals surface area contributed by atoms with Crippen LogP contribution in [0, 0.1) is 5.92 Å². The monoisotopic (exact) mass is 425 g/mol. The number of hydrogen-bond acceptors (Lipinski definition) is 10. The zero-order valence-electron chi connectivity index (χ0n) is 17.4. The minimum atomic E-state index is -1.17. The van der Waals surface area contributed by atoms with E-state index in [1.54, 1.807) is 0 Å². The molecule has 1 aliphatic heterocycles. The Bertz CT molecular complexity index is 705. The normalized spacial score (nSPS) is 28.1. The molecule has 1 N–H and O–H groups in total. The highest BCUT2D eigenvalue weighted by molar-refractivity contribution is 5.68. The maximum Gasteiger partial charge on any atom is 0.304 e. The van der Waals surface area contributed by atoms with Crippen molar-refractivity contribution < 1.29 is 42.9 Å². The molecule has 0 aromatic carbocycles. The van der Waals surface area contributed by atoms with Gasteiger partial charge < -0.3 is 29.0 Å². The first-order valence-electron chi connectivity index (χ1n) is 9.56. The van der Waals surface area contributed by atoms with Crippen LogP contribution in [0.3, 0.4) is 0 Å². The van der Waals surface area contributed by atoms with Gasteiger partial charge in [-0.25, -0.2) is 0 Å². The highest BCUT2D eigenvalue weighted by Crippen LogP contribution is 2.28. The van der Waals surface area contributed by atoms with E-state index in [0.717, 1.165) is 0 Å². The SMILES string of the molecule is CC(=O)OCC1O[C@H](OC(C)=O)C(NCC2C=CC=C2)[C@H](OC(C)=O)[C@H]1OC(C)=O. The van der Waals surface area contributed by atoms with Crippen LogP contribution in [0.25, 0.3) is 0 Å². The molecule has 1 fully saturated rings. The summed E-state index contributed by atoms with van der Waals surface area (Å²) in [4.78, 5) is 46.4. The fourth-order valence-electron chi connectivity index (χ4n) is 3.27. The summed E-state index contributed by atoms with van der Waals surface area (Å²) in [6.45, 7) is 4.97. The summed E-state index contributed by atoms with van der Waals surface area (Å²) in [5, 5.41) is 3.18. The summed E-state index contributed by atoms with van der Waals surface area (Å²) in [6.07, 6.45) is 3.38. The molecule has 166 valence electrons. The van der Waals surface area contributed by atoms with Crippen molar-refractivity contribution in [3.63, 3.8) is 0 Å². The Morgan fingerprint density at radius 2 is 1.40 bits per heavy atom. The summed E-state index contributed by atoms with van der Waals surface area (Å²) in [6, 6.07) is -0.835. The highest BCUT2D eigenvalue weighted by Gasteiger charge is 2.51. The lowest BCUT2D eigenvalue weighted by Crippen LogP contribution is -2.66. The largest absolute Gasteiger partial charge is 0.463 e. The lowest BCUT2D eigenvalue weighted by atomic mass is 9.95. The third kappa shape index (κ3) is 6.96. The molecule has 0 radical (unpaired) electrons. The van der Waals surface area contributed by atoms with E-state index in [1.165, 1.54) is 27.7 Å². The van der Waals surface area contributed by atoms with Gasteiger partial charge in [-0.15, -0.1) is 0 Å². The van der Waals surface area contributed by atoms with E-state index in [0.29, 0.717) is 6.54 Å². The maximum atomic E-state index is 11.8. The molecule has 30 heavy (non-hydrogen) atoms. The van der Waals surface area contributed by atoms with Gasteiger partial charge in [-0.2, -0.15) is 0 Å². The molecule has 0 saturated carbocycles. The van der Waals surface area contributed by atoms with Crippen molar-refractivity contribution in [2.75, 3.05) is 13.2 Å². The van der Waals surface area contributed by atoms with Crippen LogP contribution in [-0.4, -0.2) is 67.7 Å². The number of rotatable bonds is 8. The lowest BCUT2D eigenvalue weighted by molar-refractivity contribution is -0.271. The summed E-state index contributed by atoms with van der Waals surface area (Å²) >= 11 is 0.